The van der Waals surface area contributed by atoms with Gasteiger partial charge in [0.1, 0.15) is 12.4 Å². The Morgan fingerprint density at radius 3 is 2.75 bits per heavy atom. The summed E-state index contributed by atoms with van der Waals surface area (Å²) in [4.78, 5) is 28.9. The molecule has 0 fully saturated rings. The predicted molar refractivity (Wildman–Crippen MR) is 98.9 cm³/mol. The van der Waals surface area contributed by atoms with Gasteiger partial charge in [0.15, 0.2) is 16.3 Å². The number of ether oxygens (including phenoxy) is 3. The normalized spacial score (nSPS) is 13.1. The number of hydrogen-bond donors (Lipinski definition) is 0. The van der Waals surface area contributed by atoms with Crippen molar-refractivity contribution in [1.29, 1.82) is 0 Å². The minimum absolute atomic E-state index is 0.119. The maximum Gasteiger partial charge on any atom is 0.326 e. The van der Waals surface area contributed by atoms with Gasteiger partial charge in [-0.05, 0) is 19.1 Å². The van der Waals surface area contributed by atoms with Crippen LogP contribution in [0.5, 0.6) is 11.5 Å². The van der Waals surface area contributed by atoms with Crippen molar-refractivity contribution in [2.24, 2.45) is 4.99 Å². The Morgan fingerprint density at radius 2 is 2.00 bits per heavy atom. The SMILES string of the molecule is CCOC(=O)Cn1c(=NC(=O)c2ccccc2F)sc2cc3c(cc21)OCO3. The molecule has 1 aliphatic rings. The number of nitrogens with zero attached hydrogens (tertiary/aromatic N) is 2. The van der Waals surface area contributed by atoms with Crippen LogP contribution in [0.4, 0.5) is 4.39 Å². The fourth-order valence-electron chi connectivity index (χ4n) is 2.82. The number of hydrogen-bond acceptors (Lipinski definition) is 6. The highest BCUT2D eigenvalue weighted by Crippen LogP contribution is 2.37. The monoisotopic (exact) mass is 402 g/mol. The van der Waals surface area contributed by atoms with Crippen LogP contribution in [0.3, 0.4) is 0 Å². The minimum Gasteiger partial charge on any atom is -0.465 e. The standard InChI is InChI=1S/C19H15FN2O5S/c1-2-25-17(23)9-22-13-7-14-15(27-10-26-14)8-16(13)28-19(22)21-18(24)11-5-3-4-6-12(11)20/h3-8H,2,9-10H2,1H3. The maximum atomic E-state index is 13.9. The quantitative estimate of drug-likeness (QED) is 0.627. The minimum atomic E-state index is -0.734. The average molecular weight is 402 g/mol. The first kappa shape index (κ1) is 18.2. The fourth-order valence-corrected chi connectivity index (χ4v) is 3.85. The molecule has 28 heavy (non-hydrogen) atoms. The molecular weight excluding hydrogens is 387 g/mol. The second kappa shape index (κ2) is 7.43. The zero-order valence-corrected chi connectivity index (χ0v) is 15.6. The molecule has 1 aliphatic heterocycles. The number of amides is 1. The van der Waals surface area contributed by atoms with Crippen LogP contribution < -0.4 is 14.3 Å². The van der Waals surface area contributed by atoms with Gasteiger partial charge in [0, 0.05) is 12.1 Å². The number of aromatic nitrogens is 1. The van der Waals surface area contributed by atoms with E-state index in [0.717, 1.165) is 4.70 Å². The van der Waals surface area contributed by atoms with E-state index in [1.807, 2.05) is 0 Å². The van der Waals surface area contributed by atoms with Crippen molar-refractivity contribution < 1.29 is 28.2 Å². The third kappa shape index (κ3) is 3.36. The van der Waals surface area contributed by atoms with Gasteiger partial charge in [-0.15, -0.1) is 0 Å². The second-order valence-electron chi connectivity index (χ2n) is 5.85. The van der Waals surface area contributed by atoms with Crippen molar-refractivity contribution >= 4 is 33.4 Å². The molecule has 0 N–H and O–H groups in total. The highest BCUT2D eigenvalue weighted by Gasteiger charge is 2.20. The van der Waals surface area contributed by atoms with Crippen LogP contribution in [-0.4, -0.2) is 29.8 Å². The van der Waals surface area contributed by atoms with Gasteiger partial charge in [-0.2, -0.15) is 4.99 Å². The molecule has 2 heterocycles. The topological polar surface area (TPSA) is 79.1 Å². The molecule has 0 saturated heterocycles. The molecule has 0 saturated carbocycles. The summed E-state index contributed by atoms with van der Waals surface area (Å²) in [5, 5.41) is 0. The number of fused-ring (bicyclic) bond motifs is 2. The Hall–Kier alpha value is -3.20. The molecule has 0 atom stereocenters. The van der Waals surface area contributed by atoms with Crippen molar-refractivity contribution in [3.63, 3.8) is 0 Å². The number of thiazole rings is 1. The highest BCUT2D eigenvalue weighted by molar-refractivity contribution is 7.16. The summed E-state index contributed by atoms with van der Waals surface area (Å²) in [5.41, 5.74) is 0.499. The molecule has 1 amide bonds. The lowest BCUT2D eigenvalue weighted by molar-refractivity contribution is -0.143. The van der Waals surface area contributed by atoms with E-state index < -0.39 is 17.7 Å². The number of carbonyl (C=O) groups excluding carboxylic acids is 2. The number of carbonyl (C=O) groups is 2. The molecule has 1 aromatic heterocycles. The van der Waals surface area contributed by atoms with Gasteiger partial charge < -0.3 is 18.8 Å². The van der Waals surface area contributed by atoms with Crippen molar-refractivity contribution in [2.75, 3.05) is 13.4 Å². The van der Waals surface area contributed by atoms with Crippen LogP contribution in [0, 0.1) is 5.82 Å². The van der Waals surface area contributed by atoms with Gasteiger partial charge in [0.05, 0.1) is 22.4 Å². The first-order valence-electron chi connectivity index (χ1n) is 8.49. The molecule has 3 aromatic rings. The van der Waals surface area contributed by atoms with Crippen LogP contribution in [0.15, 0.2) is 41.4 Å². The van der Waals surface area contributed by atoms with Crippen LogP contribution in [-0.2, 0) is 16.1 Å². The number of rotatable bonds is 4. The average Bonchev–Trinajstić information content (AvgIpc) is 3.25. The second-order valence-corrected chi connectivity index (χ2v) is 6.85. The zero-order valence-electron chi connectivity index (χ0n) is 14.8. The van der Waals surface area contributed by atoms with Crippen LogP contribution in [0.25, 0.3) is 10.2 Å². The molecule has 0 unspecified atom stereocenters. The van der Waals surface area contributed by atoms with E-state index in [4.69, 9.17) is 14.2 Å². The number of esters is 1. The summed E-state index contributed by atoms with van der Waals surface area (Å²) in [6.45, 7) is 1.91. The molecule has 7 nitrogen and oxygen atoms in total. The smallest absolute Gasteiger partial charge is 0.326 e. The van der Waals surface area contributed by atoms with Gasteiger partial charge in [-0.3, -0.25) is 9.59 Å². The lowest BCUT2D eigenvalue weighted by Gasteiger charge is -2.05. The fraction of sp³-hybridized carbons (Fsp3) is 0.211. The Morgan fingerprint density at radius 1 is 1.25 bits per heavy atom. The summed E-state index contributed by atoms with van der Waals surface area (Å²) in [6, 6.07) is 9.09. The Balaban J connectivity index is 1.85. The maximum absolute atomic E-state index is 13.9. The van der Waals surface area contributed by atoms with E-state index in [1.54, 1.807) is 29.7 Å². The first-order chi connectivity index (χ1) is 13.6. The third-order valence-electron chi connectivity index (χ3n) is 4.07. The summed E-state index contributed by atoms with van der Waals surface area (Å²) in [6.07, 6.45) is 0. The van der Waals surface area contributed by atoms with Gasteiger partial charge in [-0.1, -0.05) is 23.5 Å². The Labute approximate surface area is 162 Å². The van der Waals surface area contributed by atoms with Gasteiger partial charge >= 0.3 is 5.97 Å². The summed E-state index contributed by atoms with van der Waals surface area (Å²) in [5.74, 6) is -0.754. The molecule has 4 rings (SSSR count). The molecule has 0 aliphatic carbocycles. The Kier molecular flexibility index (Phi) is 4.82. The van der Waals surface area contributed by atoms with Crippen molar-refractivity contribution in [3.05, 3.63) is 52.6 Å². The molecular formula is C19H15FN2O5S. The molecule has 2 aromatic carbocycles. The first-order valence-corrected chi connectivity index (χ1v) is 9.30. The predicted octanol–water partition coefficient (Wildman–Crippen LogP) is 2.87. The lowest BCUT2D eigenvalue weighted by atomic mass is 10.2. The van der Waals surface area contributed by atoms with Crippen molar-refractivity contribution in [1.82, 2.24) is 4.57 Å². The van der Waals surface area contributed by atoms with Crippen LogP contribution >= 0.6 is 11.3 Å². The molecule has 0 bridgehead atoms. The van der Waals surface area contributed by atoms with Gasteiger partial charge in [0.2, 0.25) is 6.79 Å². The third-order valence-corrected chi connectivity index (χ3v) is 5.11. The van der Waals surface area contributed by atoms with Gasteiger partial charge in [-0.25, -0.2) is 4.39 Å². The van der Waals surface area contributed by atoms with E-state index in [9.17, 15) is 14.0 Å². The van der Waals surface area contributed by atoms with E-state index in [2.05, 4.69) is 4.99 Å². The lowest BCUT2D eigenvalue weighted by Crippen LogP contribution is -2.23. The molecule has 144 valence electrons. The van der Waals surface area contributed by atoms with Crippen molar-refractivity contribution in [3.8, 4) is 11.5 Å². The Bertz CT molecular complexity index is 1150. The van der Waals surface area contributed by atoms with Crippen LogP contribution in [0.1, 0.15) is 17.3 Å². The highest BCUT2D eigenvalue weighted by atomic mass is 32.1. The van der Waals surface area contributed by atoms with E-state index in [-0.39, 0.29) is 30.3 Å². The van der Waals surface area contributed by atoms with E-state index in [0.29, 0.717) is 17.0 Å². The van der Waals surface area contributed by atoms with E-state index in [1.165, 1.54) is 29.5 Å². The molecule has 9 heteroatoms. The van der Waals surface area contributed by atoms with Gasteiger partial charge in [0.25, 0.3) is 5.91 Å². The summed E-state index contributed by atoms with van der Waals surface area (Å²) < 4.78 is 32.0. The largest absolute Gasteiger partial charge is 0.465 e. The molecule has 0 radical (unpaired) electrons. The number of benzene rings is 2. The summed E-state index contributed by atoms with van der Waals surface area (Å²) >= 11 is 1.19. The van der Waals surface area contributed by atoms with Crippen LogP contribution in [0.2, 0.25) is 0 Å². The van der Waals surface area contributed by atoms with Crippen molar-refractivity contribution in [2.45, 2.75) is 13.5 Å². The number of halogens is 1. The van der Waals surface area contributed by atoms with E-state index >= 15 is 0 Å². The molecule has 0 spiro atoms. The zero-order chi connectivity index (χ0) is 19.7. The summed E-state index contributed by atoms with van der Waals surface area (Å²) in [7, 11) is 0.